The minimum Gasteiger partial charge on any atom is -0.462 e. The number of nitrogens with one attached hydrogen (secondary N) is 2. The smallest absolute Gasteiger partial charge is 0.338 e. The molecule has 0 aliphatic carbocycles. The molecule has 0 aromatic heterocycles. The van der Waals surface area contributed by atoms with Gasteiger partial charge in [0, 0.05) is 5.69 Å². The molecule has 0 aliphatic heterocycles. The van der Waals surface area contributed by atoms with Gasteiger partial charge in [-0.3, -0.25) is 0 Å². The maximum absolute atomic E-state index is 12.3. The zero-order chi connectivity index (χ0) is 26.3. The number of ether oxygens (including phenoxy) is 1. The number of aryl methyl sites for hydroxylation is 2. The average Bonchev–Trinajstić information content (AvgIpc) is 2.82. The summed E-state index contributed by atoms with van der Waals surface area (Å²) in [5, 5.41) is 2.39. The molecule has 0 heterocycles. The lowest BCUT2D eigenvalue weighted by Gasteiger charge is -2.10. The topological polar surface area (TPSA) is 136 Å². The SMILES string of the molecule is Cc1ccc(S(=O)(=O)CCCOC(=O)c2ccc(NC(=O)NS(=O)(=O)c3ccc(C)cc3)cc2)cc1. The van der Waals surface area contributed by atoms with Gasteiger partial charge in [-0.2, -0.15) is 0 Å². The van der Waals surface area contributed by atoms with Gasteiger partial charge in [0.2, 0.25) is 0 Å². The minimum atomic E-state index is -4.04. The van der Waals surface area contributed by atoms with Crippen molar-refractivity contribution in [2.75, 3.05) is 17.7 Å². The second-order valence-electron chi connectivity index (χ2n) is 8.07. The monoisotopic (exact) mass is 530 g/mol. The highest BCUT2D eigenvalue weighted by Gasteiger charge is 2.18. The minimum absolute atomic E-state index is 0.0481. The third-order valence-electron chi connectivity index (χ3n) is 5.11. The van der Waals surface area contributed by atoms with Crippen LogP contribution in [0.1, 0.15) is 27.9 Å². The molecule has 2 N–H and O–H groups in total. The second-order valence-corrected chi connectivity index (χ2v) is 11.9. The summed E-state index contributed by atoms with van der Waals surface area (Å²) in [6, 6.07) is 17.2. The number of hydrogen-bond donors (Lipinski definition) is 2. The van der Waals surface area contributed by atoms with Crippen LogP contribution >= 0.6 is 0 Å². The highest BCUT2D eigenvalue weighted by atomic mass is 32.2. The molecule has 0 fully saturated rings. The Bertz CT molecular complexity index is 1430. The standard InChI is InChI=1S/C25H26N2O7S2/c1-18-4-12-22(13-5-18)35(30,31)17-3-16-34-24(28)20-8-10-21(11-9-20)26-25(29)27-36(32,33)23-14-6-19(2)7-15-23/h4-15H,3,16-17H2,1-2H3,(H2,26,27,29). The summed E-state index contributed by atoms with van der Waals surface area (Å²) < 4.78 is 56.4. The van der Waals surface area contributed by atoms with Gasteiger partial charge in [0.25, 0.3) is 10.0 Å². The van der Waals surface area contributed by atoms with E-state index >= 15 is 0 Å². The molecule has 0 spiro atoms. The quantitative estimate of drug-likeness (QED) is 0.317. The summed E-state index contributed by atoms with van der Waals surface area (Å²) in [5.74, 6) is -0.812. The fraction of sp³-hybridized carbons (Fsp3) is 0.200. The summed E-state index contributed by atoms with van der Waals surface area (Å²) in [7, 11) is -7.51. The van der Waals surface area contributed by atoms with Crippen molar-refractivity contribution < 1.29 is 31.2 Å². The Morgan fingerprint density at radius 1 is 0.750 bits per heavy atom. The number of esters is 1. The van der Waals surface area contributed by atoms with Crippen LogP contribution in [0.15, 0.2) is 82.6 Å². The Morgan fingerprint density at radius 2 is 1.28 bits per heavy atom. The van der Waals surface area contributed by atoms with E-state index in [0.717, 1.165) is 11.1 Å². The highest BCUT2D eigenvalue weighted by Crippen LogP contribution is 2.15. The molecule has 0 atom stereocenters. The number of anilines is 1. The summed E-state index contributed by atoms with van der Waals surface area (Å²) in [6.07, 6.45) is 0.136. The van der Waals surface area contributed by atoms with Crippen LogP contribution in [0.3, 0.4) is 0 Å². The van der Waals surface area contributed by atoms with Gasteiger partial charge in [0.15, 0.2) is 9.84 Å². The number of carbonyl (C=O) groups excluding carboxylic acids is 2. The molecule has 11 heteroatoms. The van der Waals surface area contributed by atoms with Crippen molar-refractivity contribution in [2.24, 2.45) is 0 Å². The van der Waals surface area contributed by atoms with Crippen LogP contribution < -0.4 is 10.0 Å². The van der Waals surface area contributed by atoms with Gasteiger partial charge in [-0.15, -0.1) is 0 Å². The zero-order valence-corrected chi connectivity index (χ0v) is 21.4. The maximum atomic E-state index is 12.3. The number of hydrogen-bond acceptors (Lipinski definition) is 7. The summed E-state index contributed by atoms with van der Waals surface area (Å²) in [5.41, 5.74) is 2.28. The molecule has 190 valence electrons. The molecule has 3 rings (SSSR count). The van der Waals surface area contributed by atoms with Gasteiger partial charge in [0.05, 0.1) is 27.7 Å². The van der Waals surface area contributed by atoms with Gasteiger partial charge < -0.3 is 10.1 Å². The maximum Gasteiger partial charge on any atom is 0.338 e. The molecule has 0 unspecified atom stereocenters. The number of amides is 2. The molecule has 0 saturated heterocycles. The second kappa shape index (κ2) is 11.4. The Labute approximate surface area is 210 Å². The van der Waals surface area contributed by atoms with Crippen LogP contribution in [0, 0.1) is 13.8 Å². The molecule has 9 nitrogen and oxygen atoms in total. The number of sulfonamides is 1. The van der Waals surface area contributed by atoms with Crippen molar-refractivity contribution in [1.82, 2.24) is 4.72 Å². The van der Waals surface area contributed by atoms with E-state index in [1.165, 1.54) is 36.4 Å². The van der Waals surface area contributed by atoms with Crippen molar-refractivity contribution in [3.8, 4) is 0 Å². The fourth-order valence-electron chi connectivity index (χ4n) is 3.11. The fourth-order valence-corrected chi connectivity index (χ4v) is 5.30. The third kappa shape index (κ3) is 7.40. The Hall–Kier alpha value is -3.70. The van der Waals surface area contributed by atoms with Crippen LogP contribution in [-0.4, -0.2) is 41.2 Å². The normalized spacial score (nSPS) is 11.5. The van der Waals surface area contributed by atoms with E-state index in [2.05, 4.69) is 5.32 Å². The van der Waals surface area contributed by atoms with Crippen molar-refractivity contribution >= 4 is 37.5 Å². The van der Waals surface area contributed by atoms with Crippen molar-refractivity contribution in [2.45, 2.75) is 30.1 Å². The number of benzene rings is 3. The Balaban J connectivity index is 1.47. The number of rotatable bonds is 9. The zero-order valence-electron chi connectivity index (χ0n) is 19.7. The predicted molar refractivity (Wildman–Crippen MR) is 135 cm³/mol. The lowest BCUT2D eigenvalue weighted by atomic mass is 10.2. The van der Waals surface area contributed by atoms with Crippen LogP contribution in [0.25, 0.3) is 0 Å². The lowest BCUT2D eigenvalue weighted by molar-refractivity contribution is 0.0505. The molecule has 3 aromatic carbocycles. The molecular weight excluding hydrogens is 504 g/mol. The van der Waals surface area contributed by atoms with Gasteiger partial charge in [-0.25, -0.2) is 31.1 Å². The van der Waals surface area contributed by atoms with Gasteiger partial charge >= 0.3 is 12.0 Å². The lowest BCUT2D eigenvalue weighted by Crippen LogP contribution is -2.34. The summed E-state index contributed by atoms with van der Waals surface area (Å²) in [4.78, 5) is 24.5. The molecule has 0 saturated carbocycles. The molecule has 0 radical (unpaired) electrons. The van der Waals surface area contributed by atoms with E-state index in [0.29, 0.717) is 0 Å². The van der Waals surface area contributed by atoms with E-state index in [4.69, 9.17) is 4.74 Å². The van der Waals surface area contributed by atoms with Gasteiger partial charge in [-0.1, -0.05) is 35.4 Å². The first-order chi connectivity index (χ1) is 17.0. The molecule has 0 aliphatic rings. The Morgan fingerprint density at radius 3 is 1.83 bits per heavy atom. The molecule has 2 amide bonds. The number of sulfone groups is 1. The van der Waals surface area contributed by atoms with Crippen molar-refractivity contribution in [3.63, 3.8) is 0 Å². The van der Waals surface area contributed by atoms with E-state index in [1.807, 2.05) is 18.6 Å². The van der Waals surface area contributed by atoms with Crippen molar-refractivity contribution in [3.05, 3.63) is 89.5 Å². The summed E-state index contributed by atoms with van der Waals surface area (Å²) in [6.45, 7) is 3.60. The molecule has 0 bridgehead atoms. The van der Waals surface area contributed by atoms with E-state index in [1.54, 1.807) is 36.4 Å². The first kappa shape index (κ1) is 26.9. The first-order valence-electron chi connectivity index (χ1n) is 10.9. The number of carbonyl (C=O) groups is 2. The highest BCUT2D eigenvalue weighted by molar-refractivity contribution is 7.91. The molecular formula is C25H26N2O7S2. The van der Waals surface area contributed by atoms with Crippen LogP contribution in [0.2, 0.25) is 0 Å². The largest absolute Gasteiger partial charge is 0.462 e. The van der Waals surface area contributed by atoms with Crippen LogP contribution in [0.5, 0.6) is 0 Å². The average molecular weight is 531 g/mol. The van der Waals surface area contributed by atoms with Crippen LogP contribution in [-0.2, 0) is 24.6 Å². The van der Waals surface area contributed by atoms with E-state index < -0.39 is 31.9 Å². The first-order valence-corrected chi connectivity index (χ1v) is 14.1. The van der Waals surface area contributed by atoms with Gasteiger partial charge in [-0.05, 0) is 68.8 Å². The number of urea groups is 1. The molecule has 36 heavy (non-hydrogen) atoms. The summed E-state index contributed by atoms with van der Waals surface area (Å²) >= 11 is 0. The van der Waals surface area contributed by atoms with Gasteiger partial charge in [0.1, 0.15) is 0 Å². The van der Waals surface area contributed by atoms with Crippen LogP contribution in [0.4, 0.5) is 10.5 Å². The van der Waals surface area contributed by atoms with Crippen molar-refractivity contribution in [1.29, 1.82) is 0 Å². The van der Waals surface area contributed by atoms with E-state index in [-0.39, 0.29) is 39.8 Å². The third-order valence-corrected chi connectivity index (χ3v) is 8.27. The van der Waals surface area contributed by atoms with E-state index in [9.17, 15) is 26.4 Å². The predicted octanol–water partition coefficient (Wildman–Crippen LogP) is 3.83. The Kier molecular flexibility index (Phi) is 8.49. The molecule has 3 aromatic rings.